The van der Waals surface area contributed by atoms with E-state index in [1.54, 1.807) is 0 Å². The Hall–Kier alpha value is -1.06. The van der Waals surface area contributed by atoms with Gasteiger partial charge in [-0.15, -0.1) is 0 Å². The van der Waals surface area contributed by atoms with Crippen LogP contribution >= 0.6 is 15.9 Å². The lowest BCUT2D eigenvalue weighted by molar-refractivity contribution is 0.246. The quantitative estimate of drug-likeness (QED) is 0.884. The van der Waals surface area contributed by atoms with Crippen molar-refractivity contribution in [3.05, 3.63) is 40.4 Å². The van der Waals surface area contributed by atoms with Gasteiger partial charge in [-0.2, -0.15) is 0 Å². The van der Waals surface area contributed by atoms with E-state index in [2.05, 4.69) is 65.4 Å². The third-order valence-corrected chi connectivity index (χ3v) is 4.32. The molecule has 0 fully saturated rings. The first-order chi connectivity index (χ1) is 9.16. The van der Waals surface area contributed by atoms with E-state index in [-0.39, 0.29) is 0 Å². The van der Waals surface area contributed by atoms with Gasteiger partial charge in [0.1, 0.15) is 5.75 Å². The molecule has 2 aromatic carbocycles. The lowest BCUT2D eigenvalue weighted by atomic mass is 9.96. The molecule has 1 heterocycles. The Morgan fingerprint density at radius 1 is 1.32 bits per heavy atom. The van der Waals surface area contributed by atoms with E-state index in [4.69, 9.17) is 4.74 Å². The van der Waals surface area contributed by atoms with Crippen LogP contribution in [-0.2, 0) is 0 Å². The molecule has 0 aromatic heterocycles. The standard InChI is InChI=1S/C16H18BrNO/c1-10(2)18-14-7-8-19-16-13(14)9-11-5-3-4-6-12(11)15(16)17/h3-6,9-10,14,18H,7-8H2,1-2H3. The van der Waals surface area contributed by atoms with Crippen molar-refractivity contribution in [2.24, 2.45) is 0 Å². The van der Waals surface area contributed by atoms with Crippen molar-refractivity contribution in [3.63, 3.8) is 0 Å². The van der Waals surface area contributed by atoms with Crippen LogP contribution in [-0.4, -0.2) is 12.6 Å². The molecule has 0 bridgehead atoms. The molecule has 3 heteroatoms. The average Bonchev–Trinajstić information content (AvgIpc) is 2.40. The number of halogens is 1. The predicted octanol–water partition coefficient (Wildman–Crippen LogP) is 4.42. The second-order valence-corrected chi connectivity index (χ2v) is 6.13. The lowest BCUT2D eigenvalue weighted by Crippen LogP contribution is -2.32. The summed E-state index contributed by atoms with van der Waals surface area (Å²) in [6, 6.07) is 11.5. The Morgan fingerprint density at radius 3 is 2.89 bits per heavy atom. The van der Waals surface area contributed by atoms with Gasteiger partial charge in [-0.1, -0.05) is 38.1 Å². The summed E-state index contributed by atoms with van der Waals surface area (Å²) in [5.74, 6) is 1.00. The number of rotatable bonds is 2. The Morgan fingerprint density at radius 2 is 2.11 bits per heavy atom. The average molecular weight is 320 g/mol. The van der Waals surface area contributed by atoms with Crippen molar-refractivity contribution in [3.8, 4) is 5.75 Å². The molecule has 19 heavy (non-hydrogen) atoms. The van der Waals surface area contributed by atoms with E-state index in [1.165, 1.54) is 16.3 Å². The van der Waals surface area contributed by atoms with Gasteiger partial charge < -0.3 is 10.1 Å². The fourth-order valence-corrected chi connectivity index (χ4v) is 3.42. The Kier molecular flexibility index (Phi) is 3.50. The Labute approximate surface area is 122 Å². The summed E-state index contributed by atoms with van der Waals surface area (Å²) in [5, 5.41) is 6.10. The predicted molar refractivity (Wildman–Crippen MR) is 82.8 cm³/mol. The van der Waals surface area contributed by atoms with Gasteiger partial charge in [0.25, 0.3) is 0 Å². The molecule has 100 valence electrons. The van der Waals surface area contributed by atoms with Gasteiger partial charge in [0.05, 0.1) is 11.1 Å². The minimum Gasteiger partial charge on any atom is -0.492 e. The van der Waals surface area contributed by atoms with Crippen molar-refractivity contribution in [1.82, 2.24) is 5.32 Å². The highest BCUT2D eigenvalue weighted by molar-refractivity contribution is 9.10. The smallest absolute Gasteiger partial charge is 0.138 e. The number of nitrogens with one attached hydrogen (secondary N) is 1. The van der Waals surface area contributed by atoms with Crippen LogP contribution in [0.3, 0.4) is 0 Å². The molecular weight excluding hydrogens is 302 g/mol. The number of benzene rings is 2. The maximum atomic E-state index is 5.89. The van der Waals surface area contributed by atoms with Gasteiger partial charge in [-0.3, -0.25) is 0 Å². The molecule has 0 saturated heterocycles. The minimum atomic E-state index is 0.379. The Balaban J connectivity index is 2.16. The highest BCUT2D eigenvalue weighted by atomic mass is 79.9. The molecule has 1 aliphatic heterocycles. The van der Waals surface area contributed by atoms with Crippen LogP contribution in [0.1, 0.15) is 31.9 Å². The van der Waals surface area contributed by atoms with Crippen LogP contribution in [0.5, 0.6) is 5.75 Å². The highest BCUT2D eigenvalue weighted by Gasteiger charge is 2.25. The summed E-state index contributed by atoms with van der Waals surface area (Å²) in [6.07, 6.45) is 1.02. The second-order valence-electron chi connectivity index (χ2n) is 5.34. The molecule has 0 spiro atoms. The van der Waals surface area contributed by atoms with Crippen LogP contribution in [0, 0.1) is 0 Å². The van der Waals surface area contributed by atoms with Gasteiger partial charge in [-0.05, 0) is 32.8 Å². The molecular formula is C16H18BrNO. The molecule has 3 rings (SSSR count). The first-order valence-electron chi connectivity index (χ1n) is 6.77. The molecule has 1 atom stereocenters. The normalized spacial score (nSPS) is 18.4. The highest BCUT2D eigenvalue weighted by Crippen LogP contribution is 2.42. The summed E-state index contributed by atoms with van der Waals surface area (Å²) in [4.78, 5) is 0. The third-order valence-electron chi connectivity index (χ3n) is 3.53. The van der Waals surface area contributed by atoms with E-state index in [0.29, 0.717) is 12.1 Å². The van der Waals surface area contributed by atoms with Crippen molar-refractivity contribution in [2.45, 2.75) is 32.4 Å². The maximum Gasteiger partial charge on any atom is 0.138 e. The van der Waals surface area contributed by atoms with E-state index in [9.17, 15) is 0 Å². The van der Waals surface area contributed by atoms with E-state index >= 15 is 0 Å². The van der Waals surface area contributed by atoms with Crippen LogP contribution in [0.25, 0.3) is 10.8 Å². The number of hydrogen-bond acceptors (Lipinski definition) is 2. The van der Waals surface area contributed by atoms with Crippen molar-refractivity contribution in [2.75, 3.05) is 6.61 Å². The molecule has 2 nitrogen and oxygen atoms in total. The van der Waals surface area contributed by atoms with Crippen LogP contribution < -0.4 is 10.1 Å². The molecule has 1 aliphatic rings. The first kappa shape index (κ1) is 12.9. The molecule has 0 saturated carbocycles. The summed E-state index contributed by atoms with van der Waals surface area (Å²) in [6.45, 7) is 5.14. The van der Waals surface area contributed by atoms with Crippen LogP contribution in [0.2, 0.25) is 0 Å². The SMILES string of the molecule is CC(C)NC1CCOc2c1cc1ccccc1c2Br. The largest absolute Gasteiger partial charge is 0.492 e. The number of hydrogen-bond donors (Lipinski definition) is 1. The topological polar surface area (TPSA) is 21.3 Å². The van der Waals surface area contributed by atoms with Gasteiger partial charge in [0.2, 0.25) is 0 Å². The maximum absolute atomic E-state index is 5.89. The summed E-state index contributed by atoms with van der Waals surface area (Å²) in [5.41, 5.74) is 1.27. The van der Waals surface area contributed by atoms with Gasteiger partial charge in [-0.25, -0.2) is 0 Å². The molecule has 0 radical (unpaired) electrons. The molecule has 1 unspecified atom stereocenters. The molecule has 0 amide bonds. The third kappa shape index (κ3) is 2.37. The first-order valence-corrected chi connectivity index (χ1v) is 7.56. The van der Waals surface area contributed by atoms with E-state index < -0.39 is 0 Å². The fourth-order valence-electron chi connectivity index (χ4n) is 2.72. The zero-order valence-corrected chi connectivity index (χ0v) is 12.8. The van der Waals surface area contributed by atoms with E-state index in [0.717, 1.165) is 23.2 Å². The van der Waals surface area contributed by atoms with Crippen molar-refractivity contribution < 1.29 is 4.74 Å². The zero-order valence-electron chi connectivity index (χ0n) is 11.2. The van der Waals surface area contributed by atoms with Crippen LogP contribution in [0.4, 0.5) is 0 Å². The van der Waals surface area contributed by atoms with Crippen molar-refractivity contribution >= 4 is 26.7 Å². The van der Waals surface area contributed by atoms with Gasteiger partial charge >= 0.3 is 0 Å². The summed E-state index contributed by atoms with van der Waals surface area (Å²) in [7, 11) is 0. The monoisotopic (exact) mass is 319 g/mol. The Bertz CT molecular complexity index is 609. The zero-order chi connectivity index (χ0) is 13.4. The van der Waals surface area contributed by atoms with Crippen molar-refractivity contribution in [1.29, 1.82) is 0 Å². The summed E-state index contributed by atoms with van der Waals surface area (Å²) >= 11 is 3.71. The van der Waals surface area contributed by atoms with Gasteiger partial charge in [0.15, 0.2) is 0 Å². The second kappa shape index (κ2) is 5.14. The number of ether oxygens (including phenoxy) is 1. The van der Waals surface area contributed by atoms with E-state index in [1.807, 2.05) is 0 Å². The molecule has 0 aliphatic carbocycles. The lowest BCUT2D eigenvalue weighted by Gasteiger charge is -2.29. The van der Waals surface area contributed by atoms with Crippen LogP contribution in [0.15, 0.2) is 34.8 Å². The number of fused-ring (bicyclic) bond motifs is 2. The fraction of sp³-hybridized carbons (Fsp3) is 0.375. The summed E-state index contributed by atoms with van der Waals surface area (Å²) < 4.78 is 6.97. The molecule has 2 aromatic rings. The minimum absolute atomic E-state index is 0.379. The molecule has 1 N–H and O–H groups in total. The van der Waals surface area contributed by atoms with Gasteiger partial charge in [0, 0.05) is 24.1 Å².